The smallest absolute Gasteiger partial charge is 0.493 e. The molecule has 3 rings (SSSR count). The number of unbranched alkanes of at least 4 members (excludes halogenated alkanes) is 25. The summed E-state index contributed by atoms with van der Waals surface area (Å²) in [4.78, 5) is 0. The molecule has 1 aliphatic heterocycles. The average molecular weight is 902 g/mol. The first-order valence-electron chi connectivity index (χ1n) is 25.2. The number of benzene rings is 2. The van der Waals surface area contributed by atoms with Gasteiger partial charge in [-0.1, -0.05) is 219 Å². The summed E-state index contributed by atoms with van der Waals surface area (Å²) in [5, 5.41) is 0. The molecule has 1 heterocycles. The molecule has 0 bridgehead atoms. The fourth-order valence-corrected chi connectivity index (χ4v) is 7.83. The molecule has 0 spiro atoms. The van der Waals surface area contributed by atoms with E-state index in [0.717, 1.165) is 67.5 Å². The average Bonchev–Trinajstić information content (AvgIpc) is 3.58. The van der Waals surface area contributed by atoms with Crippen LogP contribution in [0.25, 0.3) is 16.9 Å². The van der Waals surface area contributed by atoms with Crippen molar-refractivity contribution in [2.75, 3.05) is 0 Å². The maximum Gasteiger partial charge on any atom is 2.00 e. The molecule has 2 nitrogen and oxygen atoms in total. The minimum absolute atomic E-state index is 0. The molecule has 0 N–H and O–H groups in total. The Balaban J connectivity index is 0.000000975. The molecule has 0 aromatic heterocycles. The van der Waals surface area contributed by atoms with Crippen molar-refractivity contribution < 1.29 is 25.1 Å². The number of aryl methyl sites for hydroxylation is 2. The van der Waals surface area contributed by atoms with Crippen LogP contribution in [0.3, 0.4) is 0 Å². The Morgan fingerprint density at radius 3 is 1.15 bits per heavy atom. The summed E-state index contributed by atoms with van der Waals surface area (Å²) in [6, 6.07) is 17.4. The van der Waals surface area contributed by atoms with Gasteiger partial charge >= 0.3 is 20.4 Å². The fourth-order valence-electron chi connectivity index (χ4n) is 7.83. The van der Waals surface area contributed by atoms with Gasteiger partial charge < -0.3 is 19.4 Å². The van der Waals surface area contributed by atoms with Crippen LogP contribution in [0.5, 0.6) is 0 Å². The van der Waals surface area contributed by atoms with E-state index >= 15 is 0 Å². The molecule has 0 aliphatic carbocycles. The molecule has 1 aliphatic rings. The van der Waals surface area contributed by atoms with Crippen LogP contribution in [-0.2, 0) is 33.3 Å². The van der Waals surface area contributed by atoms with E-state index in [1.807, 2.05) is 0 Å². The molecule has 0 atom stereocenters. The van der Waals surface area contributed by atoms with Crippen LogP contribution in [0.4, 0.5) is 0 Å². The zero-order chi connectivity index (χ0) is 42.3. The monoisotopic (exact) mass is 901 g/mol. The quantitative estimate of drug-likeness (QED) is 0.0295. The third-order valence-corrected chi connectivity index (χ3v) is 11.6. The van der Waals surface area contributed by atoms with Gasteiger partial charge in [0.1, 0.15) is 0 Å². The number of allylic oxidation sites excluding steroid dienone is 2. The van der Waals surface area contributed by atoms with Gasteiger partial charge in [0.25, 0.3) is 0 Å². The van der Waals surface area contributed by atoms with E-state index in [4.69, 9.17) is 0 Å². The topological polar surface area (TPSA) is 25.3 Å². The van der Waals surface area contributed by atoms with Crippen LogP contribution in [-0.4, -0.2) is 4.70 Å². The van der Waals surface area contributed by atoms with Crippen molar-refractivity contribution in [1.82, 2.24) is 0 Å². The number of nitrogens with zero attached hydrogens (tertiary/aromatic N) is 2. The summed E-state index contributed by atoms with van der Waals surface area (Å²) in [5.41, 5.74) is 19.3. The molecule has 2 aromatic carbocycles. The molecule has 0 saturated carbocycles. The first kappa shape index (κ1) is 57.2. The van der Waals surface area contributed by atoms with Crippen LogP contribution in [0.2, 0.25) is 0 Å². The standard InChI is InChI=1S/C28H36N2.2C14H29.Pd/c1-4-7-12-22-14-10-17-24(19-22)27-21-26(16-9-6-3)28(30(27)29)25-18-11-15-23(20-25)13-8-5-2;2*1-3-5-7-9-11-13-14-12-10-8-6-4-2;/h10-11,14-15,17-21H,4-9,12-13,16H2,1-3H3;2*1,3-14H2,2H3;/q;2*-1;+2. The first-order valence-corrected chi connectivity index (χ1v) is 25.2. The molecule has 338 valence electrons. The Hall–Kier alpha value is -1.82. The Bertz CT molecular complexity index is 1270. The van der Waals surface area contributed by atoms with E-state index in [9.17, 15) is 5.53 Å². The largest absolute Gasteiger partial charge is 2.00 e. The van der Waals surface area contributed by atoms with E-state index in [2.05, 4.69) is 103 Å². The Labute approximate surface area is 382 Å². The van der Waals surface area contributed by atoms with Crippen LogP contribution < -0.4 is 0 Å². The molecule has 0 saturated heterocycles. The summed E-state index contributed by atoms with van der Waals surface area (Å²) in [6.45, 7) is 19.0. The summed E-state index contributed by atoms with van der Waals surface area (Å²) < 4.78 is 1.43. The first-order chi connectivity index (χ1) is 28.5. The summed E-state index contributed by atoms with van der Waals surface area (Å²) >= 11 is 0. The van der Waals surface area contributed by atoms with Crippen molar-refractivity contribution in [3.63, 3.8) is 0 Å². The maximum absolute atomic E-state index is 11.3. The van der Waals surface area contributed by atoms with Crippen molar-refractivity contribution in [3.05, 3.63) is 102 Å². The summed E-state index contributed by atoms with van der Waals surface area (Å²) in [5.74, 6) is 0. The number of hydrogen-bond donors (Lipinski definition) is 0. The van der Waals surface area contributed by atoms with E-state index in [-0.39, 0.29) is 20.4 Å². The fraction of sp³-hybridized carbons (Fsp3) is 0.679. The summed E-state index contributed by atoms with van der Waals surface area (Å²) in [6.07, 6.45) is 46.1. The Morgan fingerprint density at radius 1 is 0.424 bits per heavy atom. The van der Waals surface area contributed by atoms with Gasteiger partial charge in [0, 0.05) is 22.8 Å². The SMILES string of the molecule is CCCCC1=C(c2cccc(CCCC)c2)[N+](=[N-])C(c2cccc(CCCC)c2)=C1.[CH2-]CCCCCCCCCCCCC.[CH2-]CCCCCCCCCCCCC.[Pd+2]. The number of hydrogen-bond acceptors (Lipinski definition) is 0. The predicted molar refractivity (Wildman–Crippen MR) is 261 cm³/mol. The molecule has 3 heteroatoms. The Kier molecular flexibility index (Phi) is 40.3. The van der Waals surface area contributed by atoms with E-state index < -0.39 is 0 Å². The zero-order valence-electron chi connectivity index (χ0n) is 39.7. The van der Waals surface area contributed by atoms with Gasteiger partial charge in [-0.2, -0.15) is 12.8 Å². The van der Waals surface area contributed by atoms with Crippen LogP contribution >= 0.6 is 0 Å². The van der Waals surface area contributed by atoms with Gasteiger partial charge in [-0.05, 0) is 73.9 Å². The van der Waals surface area contributed by atoms with Gasteiger partial charge in [-0.15, -0.1) is 0 Å². The second-order valence-electron chi connectivity index (χ2n) is 17.2. The van der Waals surface area contributed by atoms with Gasteiger partial charge in [0.2, 0.25) is 11.4 Å². The van der Waals surface area contributed by atoms with Crippen LogP contribution in [0, 0.1) is 13.8 Å². The molecule has 59 heavy (non-hydrogen) atoms. The Morgan fingerprint density at radius 2 is 0.763 bits per heavy atom. The second-order valence-corrected chi connectivity index (χ2v) is 17.2. The molecule has 0 radical (unpaired) electrons. The second kappa shape index (κ2) is 41.5. The van der Waals surface area contributed by atoms with Crippen molar-refractivity contribution in [2.24, 2.45) is 0 Å². The van der Waals surface area contributed by atoms with Crippen molar-refractivity contribution in [3.8, 4) is 0 Å². The third kappa shape index (κ3) is 28.4. The molecule has 0 amide bonds. The zero-order valence-corrected chi connectivity index (χ0v) is 41.2. The number of rotatable bonds is 33. The van der Waals surface area contributed by atoms with Crippen molar-refractivity contribution in [2.45, 2.75) is 247 Å². The van der Waals surface area contributed by atoms with E-state index in [0.29, 0.717) is 0 Å². The minimum atomic E-state index is 0. The molecule has 2 aromatic rings. The molecule has 0 unspecified atom stereocenters. The molecule has 0 fully saturated rings. The van der Waals surface area contributed by atoms with Gasteiger partial charge in [0.15, 0.2) is 0 Å². The van der Waals surface area contributed by atoms with E-state index in [1.54, 1.807) is 0 Å². The van der Waals surface area contributed by atoms with Gasteiger partial charge in [-0.3, -0.25) is 0 Å². The van der Waals surface area contributed by atoms with Crippen molar-refractivity contribution in [1.29, 1.82) is 0 Å². The predicted octanol–water partition coefficient (Wildman–Crippen LogP) is 19.4. The summed E-state index contributed by atoms with van der Waals surface area (Å²) in [7, 11) is 0. The maximum atomic E-state index is 11.3. The third-order valence-electron chi connectivity index (χ3n) is 11.6. The van der Waals surface area contributed by atoms with Crippen LogP contribution in [0.15, 0.2) is 60.2 Å². The van der Waals surface area contributed by atoms with Crippen molar-refractivity contribution >= 4 is 11.4 Å². The van der Waals surface area contributed by atoms with Gasteiger partial charge in [-0.25, -0.2) is 4.70 Å². The molecular formula is C56H94N2Pd. The minimum Gasteiger partial charge on any atom is -0.493 e. The normalized spacial score (nSPS) is 12.1. The van der Waals surface area contributed by atoms with E-state index in [1.165, 1.54) is 188 Å². The van der Waals surface area contributed by atoms with Gasteiger partial charge in [0.05, 0.1) is 0 Å². The van der Waals surface area contributed by atoms with Crippen LogP contribution in [0.1, 0.15) is 256 Å². The molecular weight excluding hydrogens is 807 g/mol.